The number of rotatable bonds is 4. The summed E-state index contributed by atoms with van der Waals surface area (Å²) in [5, 5.41) is 16.5. The number of ether oxygens (including phenoxy) is 1. The molecule has 0 aliphatic carbocycles. The lowest BCUT2D eigenvalue weighted by molar-refractivity contribution is 0.0694. The number of halogens is 1. The normalized spacial score (nSPS) is 10.1. The second-order valence-corrected chi connectivity index (χ2v) is 4.11. The second-order valence-electron chi connectivity index (χ2n) is 3.67. The molecule has 0 saturated carbocycles. The van der Waals surface area contributed by atoms with Crippen LogP contribution in [-0.2, 0) is 0 Å². The highest BCUT2D eigenvalue weighted by molar-refractivity contribution is 6.30. The lowest BCUT2D eigenvalue weighted by Gasteiger charge is -2.07. The fraction of sp³-hybridized carbons (Fsp3) is 0. The molecule has 2 aromatic rings. The summed E-state index contributed by atoms with van der Waals surface area (Å²) in [5.41, 5.74) is 4.92. The molecule has 0 spiro atoms. The van der Waals surface area contributed by atoms with Crippen molar-refractivity contribution in [2.75, 3.05) is 0 Å². The first-order valence-electron chi connectivity index (χ1n) is 5.31. The van der Waals surface area contributed by atoms with E-state index < -0.39 is 11.9 Å². The average Bonchev–Trinajstić information content (AvgIpc) is 2.39. The number of hydrogen-bond acceptors (Lipinski definition) is 5. The Balaban J connectivity index is 2.31. The maximum Gasteiger partial charge on any atom is 0.339 e. The van der Waals surface area contributed by atoms with Crippen molar-refractivity contribution in [2.45, 2.75) is 0 Å². The quantitative estimate of drug-likeness (QED) is 0.886. The fourth-order valence-electron chi connectivity index (χ4n) is 1.38. The van der Waals surface area contributed by atoms with E-state index in [2.05, 4.69) is 10.2 Å². The molecule has 1 amide bonds. The molecule has 7 nitrogen and oxygen atoms in total. The molecule has 0 aliphatic rings. The zero-order chi connectivity index (χ0) is 14.7. The number of carboxylic acid groups (broad SMARTS) is 1. The van der Waals surface area contributed by atoms with Crippen molar-refractivity contribution in [3.63, 3.8) is 0 Å². The number of aromatic nitrogens is 2. The van der Waals surface area contributed by atoms with Gasteiger partial charge in [-0.05, 0) is 18.2 Å². The highest BCUT2D eigenvalue weighted by Crippen LogP contribution is 2.27. The van der Waals surface area contributed by atoms with Crippen LogP contribution in [0.2, 0.25) is 5.02 Å². The van der Waals surface area contributed by atoms with E-state index in [9.17, 15) is 9.59 Å². The van der Waals surface area contributed by atoms with Gasteiger partial charge in [-0.2, -0.15) is 0 Å². The number of carbonyl (C=O) groups excluding carboxylic acids is 1. The minimum absolute atomic E-state index is 0.0137. The number of benzene rings is 1. The summed E-state index contributed by atoms with van der Waals surface area (Å²) < 4.78 is 5.30. The van der Waals surface area contributed by atoms with Crippen molar-refractivity contribution in [1.82, 2.24) is 10.2 Å². The van der Waals surface area contributed by atoms with Gasteiger partial charge in [-0.25, -0.2) is 4.79 Å². The Kier molecular flexibility index (Phi) is 3.81. The van der Waals surface area contributed by atoms with E-state index in [1.807, 2.05) is 0 Å². The lowest BCUT2D eigenvalue weighted by atomic mass is 10.2. The van der Waals surface area contributed by atoms with Gasteiger partial charge in [-0.15, -0.1) is 10.2 Å². The van der Waals surface area contributed by atoms with Crippen LogP contribution in [0.5, 0.6) is 11.6 Å². The number of nitrogens with two attached hydrogens (primary N) is 1. The predicted molar refractivity (Wildman–Crippen MR) is 69.0 cm³/mol. The molecule has 3 N–H and O–H groups in total. The molecule has 0 unspecified atom stereocenters. The molecule has 0 aliphatic heterocycles. The van der Waals surface area contributed by atoms with Crippen LogP contribution in [0.1, 0.15) is 20.8 Å². The van der Waals surface area contributed by atoms with Gasteiger partial charge in [0, 0.05) is 17.2 Å². The summed E-state index contributed by atoms with van der Waals surface area (Å²) >= 11 is 5.78. The first-order chi connectivity index (χ1) is 9.47. The molecule has 0 bridgehead atoms. The van der Waals surface area contributed by atoms with Crippen molar-refractivity contribution in [1.29, 1.82) is 0 Å². The van der Waals surface area contributed by atoms with Crippen molar-refractivity contribution in [3.8, 4) is 11.6 Å². The Morgan fingerprint density at radius 2 is 1.95 bits per heavy atom. The molecule has 1 aromatic heterocycles. The molecule has 20 heavy (non-hydrogen) atoms. The molecule has 1 heterocycles. The van der Waals surface area contributed by atoms with Gasteiger partial charge in [-0.3, -0.25) is 4.79 Å². The molecule has 0 fully saturated rings. The third-order valence-corrected chi connectivity index (χ3v) is 2.52. The Hall–Kier alpha value is -2.67. The number of carbonyl (C=O) groups is 2. The summed E-state index contributed by atoms with van der Waals surface area (Å²) in [4.78, 5) is 21.9. The van der Waals surface area contributed by atoms with Crippen molar-refractivity contribution < 1.29 is 19.4 Å². The van der Waals surface area contributed by atoms with E-state index in [1.54, 1.807) is 0 Å². The second kappa shape index (κ2) is 5.54. The topological polar surface area (TPSA) is 115 Å². The molecular weight excluding hydrogens is 286 g/mol. The van der Waals surface area contributed by atoms with Gasteiger partial charge in [-0.1, -0.05) is 11.6 Å². The van der Waals surface area contributed by atoms with E-state index in [0.717, 1.165) is 0 Å². The van der Waals surface area contributed by atoms with Gasteiger partial charge in [0.15, 0.2) is 5.69 Å². The zero-order valence-electron chi connectivity index (χ0n) is 9.91. The van der Waals surface area contributed by atoms with Crippen LogP contribution in [0.25, 0.3) is 0 Å². The Morgan fingerprint density at radius 3 is 2.50 bits per heavy atom. The Bertz CT molecular complexity index is 673. The molecule has 0 saturated heterocycles. The highest BCUT2D eigenvalue weighted by Gasteiger charge is 2.13. The number of amides is 1. The van der Waals surface area contributed by atoms with E-state index in [-0.39, 0.29) is 22.9 Å². The van der Waals surface area contributed by atoms with E-state index >= 15 is 0 Å². The average molecular weight is 294 g/mol. The maximum absolute atomic E-state index is 11.0. The first-order valence-corrected chi connectivity index (χ1v) is 5.69. The summed E-state index contributed by atoms with van der Waals surface area (Å²) in [6, 6.07) is 6.74. The standard InChI is InChI=1S/C12H8ClN3O4/c13-6-1-2-7(12(18)19)9(5-6)20-10-4-3-8(11(14)17)15-16-10/h1-5H,(H2,14,17)(H,18,19). The number of hydrogen-bond donors (Lipinski definition) is 2. The van der Waals surface area contributed by atoms with Gasteiger partial charge in [0.1, 0.15) is 11.3 Å². The van der Waals surface area contributed by atoms with E-state index in [4.69, 9.17) is 27.2 Å². The number of aromatic carboxylic acids is 1. The molecular formula is C12H8ClN3O4. The smallest absolute Gasteiger partial charge is 0.339 e. The van der Waals surface area contributed by atoms with Crippen LogP contribution < -0.4 is 10.5 Å². The molecule has 0 atom stereocenters. The zero-order valence-corrected chi connectivity index (χ0v) is 10.7. The van der Waals surface area contributed by atoms with Gasteiger partial charge in [0.25, 0.3) is 5.91 Å². The van der Waals surface area contributed by atoms with Crippen LogP contribution in [-0.4, -0.2) is 27.2 Å². The summed E-state index contributed by atoms with van der Waals surface area (Å²) in [5.74, 6) is -1.86. The molecule has 0 radical (unpaired) electrons. The molecule has 1 aromatic carbocycles. The predicted octanol–water partition coefficient (Wildman–Crippen LogP) is 1.72. The minimum Gasteiger partial charge on any atom is -0.478 e. The highest BCUT2D eigenvalue weighted by atomic mass is 35.5. The third kappa shape index (κ3) is 3.01. The van der Waals surface area contributed by atoms with Crippen LogP contribution in [0.4, 0.5) is 0 Å². The number of nitrogens with zero attached hydrogens (tertiary/aromatic N) is 2. The van der Waals surface area contributed by atoms with Gasteiger partial charge < -0.3 is 15.6 Å². The Labute approximate surface area is 118 Å². The monoisotopic (exact) mass is 293 g/mol. The number of carboxylic acids is 1. The van der Waals surface area contributed by atoms with E-state index in [1.165, 1.54) is 30.3 Å². The summed E-state index contributed by atoms with van der Waals surface area (Å²) in [7, 11) is 0. The largest absolute Gasteiger partial charge is 0.478 e. The fourth-order valence-corrected chi connectivity index (χ4v) is 1.54. The van der Waals surface area contributed by atoms with Crippen LogP contribution >= 0.6 is 11.6 Å². The lowest BCUT2D eigenvalue weighted by Crippen LogP contribution is -2.13. The van der Waals surface area contributed by atoms with Crippen LogP contribution in [0.3, 0.4) is 0 Å². The molecule has 102 valence electrons. The summed E-state index contributed by atoms with van der Waals surface area (Å²) in [6.45, 7) is 0. The Morgan fingerprint density at radius 1 is 1.20 bits per heavy atom. The van der Waals surface area contributed by atoms with Gasteiger partial charge in [0.05, 0.1) is 0 Å². The van der Waals surface area contributed by atoms with Gasteiger partial charge in [0.2, 0.25) is 5.88 Å². The van der Waals surface area contributed by atoms with Crippen molar-refractivity contribution in [2.24, 2.45) is 5.73 Å². The van der Waals surface area contributed by atoms with Gasteiger partial charge >= 0.3 is 5.97 Å². The third-order valence-electron chi connectivity index (χ3n) is 2.28. The first kappa shape index (κ1) is 13.8. The molecule has 2 rings (SSSR count). The SMILES string of the molecule is NC(=O)c1ccc(Oc2cc(Cl)ccc2C(=O)O)nn1. The van der Waals surface area contributed by atoms with Crippen molar-refractivity contribution >= 4 is 23.5 Å². The van der Waals surface area contributed by atoms with Crippen LogP contribution in [0, 0.1) is 0 Å². The summed E-state index contributed by atoms with van der Waals surface area (Å²) in [6.07, 6.45) is 0. The van der Waals surface area contributed by atoms with Crippen molar-refractivity contribution in [3.05, 3.63) is 46.6 Å². The number of primary amides is 1. The van der Waals surface area contributed by atoms with E-state index in [0.29, 0.717) is 5.02 Å². The maximum atomic E-state index is 11.0. The molecule has 8 heteroatoms. The van der Waals surface area contributed by atoms with Crippen LogP contribution in [0.15, 0.2) is 30.3 Å². The minimum atomic E-state index is -1.17.